The van der Waals surface area contributed by atoms with E-state index >= 15 is 0 Å². The fraction of sp³-hybridized carbons (Fsp3) is 0.357. The molecule has 0 amide bonds. The number of aryl methyl sites for hydroxylation is 3. The van der Waals surface area contributed by atoms with Gasteiger partial charge in [0.2, 0.25) is 0 Å². The maximum absolute atomic E-state index is 12.4. The highest BCUT2D eigenvalue weighted by molar-refractivity contribution is 5.73. The van der Waals surface area contributed by atoms with Gasteiger partial charge in [0, 0.05) is 18.2 Å². The zero-order valence-electron chi connectivity index (χ0n) is 11.7. The quantitative estimate of drug-likeness (QED) is 0.790. The number of nitrogens with one attached hydrogen (secondary N) is 1. The molecule has 104 valence electrons. The Balaban J connectivity index is 2.09. The average Bonchev–Trinajstić information content (AvgIpc) is 3.00. The second kappa shape index (κ2) is 4.63. The molecule has 6 heteroatoms. The summed E-state index contributed by atoms with van der Waals surface area (Å²) in [7, 11) is 0. The maximum atomic E-state index is 12.4. The molecule has 0 saturated carbocycles. The normalized spacial score (nSPS) is 11.3. The van der Waals surface area contributed by atoms with Crippen molar-refractivity contribution in [1.82, 2.24) is 19.7 Å². The highest BCUT2D eigenvalue weighted by Crippen LogP contribution is 2.14. The first-order valence-corrected chi connectivity index (χ1v) is 6.60. The minimum atomic E-state index is -0.0987. The molecule has 0 bridgehead atoms. The molecule has 20 heavy (non-hydrogen) atoms. The first kappa shape index (κ1) is 12.7. The smallest absolute Gasteiger partial charge is 0.278 e. The zero-order valence-corrected chi connectivity index (χ0v) is 11.7. The van der Waals surface area contributed by atoms with Crippen LogP contribution in [0.3, 0.4) is 0 Å². The van der Waals surface area contributed by atoms with Crippen LogP contribution >= 0.6 is 0 Å². The van der Waals surface area contributed by atoms with Crippen LogP contribution in [0.2, 0.25) is 0 Å². The van der Waals surface area contributed by atoms with Gasteiger partial charge < -0.3 is 14.1 Å². The SMILES string of the molecule is CCc1nc2c(=O)n(Cc3c(C)noc3C)ccc2[nH]1. The summed E-state index contributed by atoms with van der Waals surface area (Å²) in [4.78, 5) is 19.9. The molecule has 3 aromatic rings. The Bertz CT molecular complexity index is 806. The molecule has 3 heterocycles. The van der Waals surface area contributed by atoms with Gasteiger partial charge in [0.1, 0.15) is 11.6 Å². The molecule has 1 N–H and O–H groups in total. The maximum Gasteiger partial charge on any atom is 0.278 e. The van der Waals surface area contributed by atoms with E-state index in [4.69, 9.17) is 4.52 Å². The Morgan fingerprint density at radius 2 is 2.20 bits per heavy atom. The van der Waals surface area contributed by atoms with Crippen molar-refractivity contribution in [1.29, 1.82) is 0 Å². The van der Waals surface area contributed by atoms with Gasteiger partial charge in [-0.15, -0.1) is 0 Å². The van der Waals surface area contributed by atoms with Crippen LogP contribution in [0.15, 0.2) is 21.6 Å². The number of fused-ring (bicyclic) bond motifs is 1. The van der Waals surface area contributed by atoms with Gasteiger partial charge in [-0.2, -0.15) is 0 Å². The molecule has 0 spiro atoms. The van der Waals surface area contributed by atoms with Crippen LogP contribution in [0.25, 0.3) is 11.0 Å². The number of hydrogen-bond donors (Lipinski definition) is 1. The Labute approximate surface area is 115 Å². The van der Waals surface area contributed by atoms with Crippen molar-refractivity contribution < 1.29 is 4.52 Å². The van der Waals surface area contributed by atoms with Crippen molar-refractivity contribution >= 4 is 11.0 Å². The van der Waals surface area contributed by atoms with Crippen LogP contribution in [0.5, 0.6) is 0 Å². The summed E-state index contributed by atoms with van der Waals surface area (Å²) < 4.78 is 6.76. The summed E-state index contributed by atoms with van der Waals surface area (Å²) in [5, 5.41) is 3.91. The summed E-state index contributed by atoms with van der Waals surface area (Å²) in [5.41, 5.74) is 2.92. The first-order valence-electron chi connectivity index (χ1n) is 6.60. The third-order valence-corrected chi connectivity index (χ3v) is 3.51. The van der Waals surface area contributed by atoms with E-state index in [9.17, 15) is 4.79 Å². The Hall–Kier alpha value is -2.37. The summed E-state index contributed by atoms with van der Waals surface area (Å²) in [6, 6.07) is 1.88. The number of nitrogens with zero attached hydrogens (tertiary/aromatic N) is 3. The lowest BCUT2D eigenvalue weighted by Crippen LogP contribution is -2.20. The van der Waals surface area contributed by atoms with Gasteiger partial charge in [-0.25, -0.2) is 4.98 Å². The van der Waals surface area contributed by atoms with Gasteiger partial charge >= 0.3 is 0 Å². The Morgan fingerprint density at radius 1 is 1.40 bits per heavy atom. The highest BCUT2D eigenvalue weighted by Gasteiger charge is 2.13. The summed E-state index contributed by atoms with van der Waals surface area (Å²) in [6.45, 7) is 6.17. The predicted molar refractivity (Wildman–Crippen MR) is 74.8 cm³/mol. The molecule has 0 aliphatic carbocycles. The van der Waals surface area contributed by atoms with E-state index in [-0.39, 0.29) is 5.56 Å². The van der Waals surface area contributed by atoms with E-state index in [1.165, 1.54) is 0 Å². The monoisotopic (exact) mass is 272 g/mol. The number of aromatic amines is 1. The number of rotatable bonds is 3. The topological polar surface area (TPSA) is 76.7 Å². The van der Waals surface area contributed by atoms with Gasteiger partial charge in [-0.3, -0.25) is 4.79 Å². The van der Waals surface area contributed by atoms with Crippen molar-refractivity contribution in [2.45, 2.75) is 33.7 Å². The molecule has 0 fully saturated rings. The third kappa shape index (κ3) is 1.93. The van der Waals surface area contributed by atoms with E-state index in [1.54, 1.807) is 10.8 Å². The van der Waals surface area contributed by atoms with E-state index in [1.807, 2.05) is 26.8 Å². The molecule has 0 saturated heterocycles. The lowest BCUT2D eigenvalue weighted by molar-refractivity contribution is 0.392. The zero-order chi connectivity index (χ0) is 14.3. The molecule has 3 rings (SSSR count). The molecular formula is C14H16N4O2. The molecule has 0 radical (unpaired) electrons. The van der Waals surface area contributed by atoms with Crippen LogP contribution in [-0.2, 0) is 13.0 Å². The van der Waals surface area contributed by atoms with Gasteiger partial charge in [-0.05, 0) is 19.9 Å². The summed E-state index contributed by atoms with van der Waals surface area (Å²) in [5.74, 6) is 1.57. The molecule has 6 nitrogen and oxygen atoms in total. The third-order valence-electron chi connectivity index (χ3n) is 3.51. The second-order valence-electron chi connectivity index (χ2n) is 4.85. The van der Waals surface area contributed by atoms with Crippen molar-refractivity contribution in [3.05, 3.63) is 45.5 Å². The van der Waals surface area contributed by atoms with E-state index in [0.717, 1.165) is 34.8 Å². The van der Waals surface area contributed by atoms with Crippen LogP contribution in [-0.4, -0.2) is 19.7 Å². The molecule has 0 aliphatic heterocycles. The van der Waals surface area contributed by atoms with Gasteiger partial charge in [-0.1, -0.05) is 12.1 Å². The summed E-state index contributed by atoms with van der Waals surface area (Å²) >= 11 is 0. The minimum absolute atomic E-state index is 0.0987. The van der Waals surface area contributed by atoms with Crippen molar-refractivity contribution in [2.75, 3.05) is 0 Å². The van der Waals surface area contributed by atoms with Crippen molar-refractivity contribution in [2.24, 2.45) is 0 Å². The fourth-order valence-electron chi connectivity index (χ4n) is 2.28. The lowest BCUT2D eigenvalue weighted by atomic mass is 10.2. The molecule has 0 unspecified atom stereocenters. The predicted octanol–water partition coefficient (Wildman–Crippen LogP) is 1.94. The fourth-order valence-corrected chi connectivity index (χ4v) is 2.28. The second-order valence-corrected chi connectivity index (χ2v) is 4.85. The Morgan fingerprint density at radius 3 is 2.85 bits per heavy atom. The highest BCUT2D eigenvalue weighted by atomic mass is 16.5. The average molecular weight is 272 g/mol. The number of pyridine rings is 1. The number of hydrogen-bond acceptors (Lipinski definition) is 4. The van der Waals surface area contributed by atoms with Crippen LogP contribution in [0.4, 0.5) is 0 Å². The standard InChI is InChI=1S/C14H16N4O2/c1-4-12-15-11-5-6-18(14(19)13(11)16-12)7-10-8(2)17-20-9(10)3/h5-6H,4,7H2,1-3H3,(H,15,16). The van der Waals surface area contributed by atoms with E-state index in [2.05, 4.69) is 15.1 Å². The molecule has 0 aliphatic rings. The largest absolute Gasteiger partial charge is 0.361 e. The first-order chi connectivity index (χ1) is 9.60. The van der Waals surface area contributed by atoms with Crippen molar-refractivity contribution in [3.63, 3.8) is 0 Å². The number of aromatic nitrogens is 4. The van der Waals surface area contributed by atoms with E-state index in [0.29, 0.717) is 12.1 Å². The van der Waals surface area contributed by atoms with E-state index < -0.39 is 0 Å². The van der Waals surface area contributed by atoms with Crippen LogP contribution in [0.1, 0.15) is 29.8 Å². The molecular weight excluding hydrogens is 256 g/mol. The van der Waals surface area contributed by atoms with Gasteiger partial charge in [0.05, 0.1) is 17.8 Å². The molecule has 0 aromatic carbocycles. The number of H-pyrrole nitrogens is 1. The van der Waals surface area contributed by atoms with Gasteiger partial charge in [0.15, 0.2) is 5.52 Å². The number of imidazole rings is 1. The van der Waals surface area contributed by atoms with Crippen LogP contribution < -0.4 is 5.56 Å². The van der Waals surface area contributed by atoms with Crippen LogP contribution in [0, 0.1) is 13.8 Å². The Kier molecular flexibility index (Phi) is 2.93. The van der Waals surface area contributed by atoms with Crippen molar-refractivity contribution in [3.8, 4) is 0 Å². The minimum Gasteiger partial charge on any atom is -0.361 e. The molecule has 0 atom stereocenters. The molecule has 3 aromatic heterocycles. The summed E-state index contributed by atoms with van der Waals surface area (Å²) in [6.07, 6.45) is 2.55. The van der Waals surface area contributed by atoms with Gasteiger partial charge in [0.25, 0.3) is 5.56 Å². The lowest BCUT2D eigenvalue weighted by Gasteiger charge is -2.04.